The second-order valence-corrected chi connectivity index (χ2v) is 9.09. The van der Waals surface area contributed by atoms with Gasteiger partial charge in [0, 0.05) is 19.8 Å². The minimum absolute atomic E-state index is 0.00902. The predicted molar refractivity (Wildman–Crippen MR) is 111 cm³/mol. The van der Waals surface area contributed by atoms with Gasteiger partial charge >= 0.3 is 12.4 Å². The Hall–Kier alpha value is -3.39. The highest BCUT2D eigenvalue weighted by molar-refractivity contribution is 7.90. The molecule has 2 aromatic rings. The summed E-state index contributed by atoms with van der Waals surface area (Å²) in [5.41, 5.74) is -0.720. The number of urea groups is 1. The summed E-state index contributed by atoms with van der Waals surface area (Å²) in [5, 5.41) is 0. The second-order valence-electron chi connectivity index (χ2n) is 7.47. The maximum Gasteiger partial charge on any atom is 0.573 e. The molecule has 0 atom stereocenters. The van der Waals surface area contributed by atoms with Gasteiger partial charge in [-0.2, -0.15) is 8.42 Å². The molecule has 14 heteroatoms. The van der Waals surface area contributed by atoms with Crippen LogP contribution in [0.25, 0.3) is 0 Å². The zero-order valence-corrected chi connectivity index (χ0v) is 18.5. The van der Waals surface area contributed by atoms with Crippen molar-refractivity contribution in [3.8, 4) is 5.75 Å². The van der Waals surface area contributed by atoms with Crippen LogP contribution in [0.1, 0.15) is 19.4 Å². The quantitative estimate of drug-likeness (QED) is 0.580. The Labute approximate surface area is 187 Å². The van der Waals surface area contributed by atoms with Gasteiger partial charge in [0.15, 0.2) is 0 Å². The molecule has 1 aromatic carbocycles. The van der Waals surface area contributed by atoms with Crippen LogP contribution in [0.2, 0.25) is 0 Å². The Kier molecular flexibility index (Phi) is 6.26. The van der Waals surface area contributed by atoms with E-state index in [9.17, 15) is 31.2 Å². The van der Waals surface area contributed by atoms with Gasteiger partial charge in [0.05, 0.1) is 5.69 Å². The van der Waals surface area contributed by atoms with Crippen LogP contribution < -0.4 is 19.1 Å². The number of hydrogen-bond donors (Lipinski definition) is 2. The number of amides is 3. The molecule has 0 aliphatic carbocycles. The van der Waals surface area contributed by atoms with Crippen LogP contribution in [-0.2, 0) is 21.5 Å². The minimum atomic E-state index is -4.87. The van der Waals surface area contributed by atoms with Crippen molar-refractivity contribution in [2.24, 2.45) is 0 Å². The number of nitrogens with zero attached hydrogens (tertiary/aromatic N) is 3. The predicted octanol–water partition coefficient (Wildman–Crippen LogP) is 2.60. The molecule has 1 aromatic heterocycles. The van der Waals surface area contributed by atoms with Gasteiger partial charge in [-0.3, -0.25) is 9.52 Å². The minimum Gasteiger partial charge on any atom is -0.406 e. The summed E-state index contributed by atoms with van der Waals surface area (Å²) < 4.78 is 68.6. The second kappa shape index (κ2) is 8.51. The first-order valence-electron chi connectivity index (χ1n) is 9.42. The lowest BCUT2D eigenvalue weighted by atomic mass is 10.0. The Morgan fingerprint density at radius 2 is 1.76 bits per heavy atom. The molecular formula is C19H20F3N5O5S. The van der Waals surface area contributed by atoms with Crippen LogP contribution in [0.3, 0.4) is 0 Å². The number of aromatic nitrogens is 1. The first-order chi connectivity index (χ1) is 15.2. The molecule has 2 heterocycles. The number of imide groups is 1. The van der Waals surface area contributed by atoms with E-state index in [4.69, 9.17) is 0 Å². The van der Waals surface area contributed by atoms with Crippen molar-refractivity contribution < 1.29 is 35.9 Å². The number of nitrogens with one attached hydrogen (secondary N) is 2. The number of anilines is 2. The first kappa shape index (κ1) is 24.3. The number of halogens is 3. The molecule has 3 rings (SSSR count). The third kappa shape index (κ3) is 5.34. The maximum atomic E-state index is 13.1. The summed E-state index contributed by atoms with van der Waals surface area (Å²) in [5.74, 6) is -1.06. The van der Waals surface area contributed by atoms with E-state index in [0.29, 0.717) is 5.56 Å². The van der Waals surface area contributed by atoms with E-state index in [1.165, 1.54) is 50.2 Å². The Morgan fingerprint density at radius 1 is 1.12 bits per heavy atom. The van der Waals surface area contributed by atoms with Crippen molar-refractivity contribution in [2.45, 2.75) is 32.3 Å². The number of ether oxygens (including phenoxy) is 1. The largest absolute Gasteiger partial charge is 0.573 e. The van der Waals surface area contributed by atoms with Crippen LogP contribution in [0, 0.1) is 0 Å². The van der Waals surface area contributed by atoms with E-state index in [1.807, 2.05) is 0 Å². The van der Waals surface area contributed by atoms with Gasteiger partial charge in [0.25, 0.3) is 16.1 Å². The lowest BCUT2D eigenvalue weighted by molar-refractivity contribution is -0.274. The topological polar surface area (TPSA) is 121 Å². The summed E-state index contributed by atoms with van der Waals surface area (Å²) in [6.07, 6.45) is -3.53. The number of benzene rings is 1. The van der Waals surface area contributed by atoms with Crippen molar-refractivity contribution >= 4 is 33.7 Å². The van der Waals surface area contributed by atoms with Crippen LogP contribution >= 0.6 is 0 Å². The van der Waals surface area contributed by atoms with E-state index >= 15 is 0 Å². The molecule has 178 valence electrons. The smallest absolute Gasteiger partial charge is 0.406 e. The molecule has 3 amide bonds. The molecule has 0 saturated carbocycles. The maximum absolute atomic E-state index is 13.1. The zero-order valence-electron chi connectivity index (χ0n) is 17.7. The molecule has 1 aliphatic rings. The van der Waals surface area contributed by atoms with Gasteiger partial charge < -0.3 is 9.64 Å². The van der Waals surface area contributed by atoms with Gasteiger partial charge in [-0.15, -0.1) is 13.2 Å². The average Bonchev–Trinajstić information content (AvgIpc) is 2.87. The van der Waals surface area contributed by atoms with Gasteiger partial charge in [-0.05, 0) is 55.8 Å². The molecule has 1 fully saturated rings. The number of carbonyl (C=O) groups is 2. The fraction of sp³-hybridized carbons (Fsp3) is 0.316. The van der Waals surface area contributed by atoms with E-state index in [0.717, 1.165) is 17.0 Å². The third-order valence-corrected chi connectivity index (χ3v) is 5.84. The summed E-state index contributed by atoms with van der Waals surface area (Å²) in [6, 6.07) is 6.63. The lowest BCUT2D eigenvalue weighted by Gasteiger charge is -2.27. The molecule has 0 spiro atoms. The van der Waals surface area contributed by atoms with Gasteiger partial charge in [-0.1, -0.05) is 0 Å². The van der Waals surface area contributed by atoms with Crippen molar-refractivity contribution in [1.29, 1.82) is 0 Å². The summed E-state index contributed by atoms with van der Waals surface area (Å²) in [7, 11) is -2.58. The molecule has 0 unspecified atom stereocenters. The summed E-state index contributed by atoms with van der Waals surface area (Å²) in [4.78, 5) is 32.1. The summed E-state index contributed by atoms with van der Waals surface area (Å²) >= 11 is 0. The highest BCUT2D eigenvalue weighted by Gasteiger charge is 2.51. The number of alkyl halides is 3. The molecule has 33 heavy (non-hydrogen) atoms. The van der Waals surface area contributed by atoms with E-state index in [2.05, 4.69) is 19.2 Å². The van der Waals surface area contributed by atoms with Crippen molar-refractivity contribution in [3.63, 3.8) is 0 Å². The van der Waals surface area contributed by atoms with E-state index in [-0.39, 0.29) is 18.1 Å². The number of hydrogen-bond acceptors (Lipinski definition) is 6. The molecule has 1 aliphatic heterocycles. The Morgan fingerprint density at radius 3 is 2.33 bits per heavy atom. The van der Waals surface area contributed by atoms with Crippen molar-refractivity contribution in [1.82, 2.24) is 14.6 Å². The van der Waals surface area contributed by atoms with Crippen LogP contribution in [0.5, 0.6) is 5.75 Å². The zero-order chi connectivity index (χ0) is 24.6. The van der Waals surface area contributed by atoms with Gasteiger partial charge in [0.1, 0.15) is 17.1 Å². The van der Waals surface area contributed by atoms with Crippen molar-refractivity contribution in [3.05, 3.63) is 48.2 Å². The molecule has 1 saturated heterocycles. The standard InChI is InChI=1S/C19H20F3N5O5S/c1-18(2)16(28)27(13-4-6-14(7-5-13)32-19(20,21)22)17(29)26(18)11-12-8-9-24-15(10-12)25-33(30,31)23-3/h4-10,23H,11H2,1-3H3,(H,24,25). The monoisotopic (exact) mass is 487 g/mol. The Bertz CT molecular complexity index is 1170. The summed E-state index contributed by atoms with van der Waals surface area (Å²) in [6.45, 7) is 3.00. The SMILES string of the molecule is CNS(=O)(=O)Nc1cc(CN2C(=O)N(c3ccc(OC(F)(F)F)cc3)C(=O)C2(C)C)ccn1. The van der Waals surface area contributed by atoms with Crippen molar-refractivity contribution in [2.75, 3.05) is 16.7 Å². The van der Waals surface area contributed by atoms with E-state index < -0.39 is 39.8 Å². The fourth-order valence-corrected chi connectivity index (χ4v) is 3.61. The molecule has 10 nitrogen and oxygen atoms in total. The number of rotatable bonds is 7. The molecule has 0 bridgehead atoms. The molecular weight excluding hydrogens is 467 g/mol. The number of pyridine rings is 1. The van der Waals surface area contributed by atoms with Gasteiger partial charge in [-0.25, -0.2) is 19.4 Å². The van der Waals surface area contributed by atoms with Gasteiger partial charge in [0.2, 0.25) is 0 Å². The first-order valence-corrected chi connectivity index (χ1v) is 10.9. The van der Waals surface area contributed by atoms with Crippen LogP contribution in [-0.4, -0.2) is 49.2 Å². The lowest BCUT2D eigenvalue weighted by Crippen LogP contribution is -2.43. The highest BCUT2D eigenvalue weighted by atomic mass is 32.2. The van der Waals surface area contributed by atoms with Crippen LogP contribution in [0.4, 0.5) is 29.5 Å². The highest BCUT2D eigenvalue weighted by Crippen LogP contribution is 2.34. The molecule has 0 radical (unpaired) electrons. The molecule has 2 N–H and O–H groups in total. The average molecular weight is 487 g/mol. The Balaban J connectivity index is 1.84. The normalized spacial score (nSPS) is 16.3. The van der Waals surface area contributed by atoms with Crippen LogP contribution in [0.15, 0.2) is 42.6 Å². The third-order valence-electron chi connectivity index (χ3n) is 4.82. The fourth-order valence-electron chi connectivity index (χ4n) is 3.13. The van der Waals surface area contributed by atoms with E-state index in [1.54, 1.807) is 6.07 Å². The number of carbonyl (C=O) groups excluding carboxylic acids is 2.